The molecule has 3 rings (SSSR count). The monoisotopic (exact) mass is 397 g/mol. The molecule has 0 amide bonds. The van der Waals surface area contributed by atoms with Crippen LogP contribution in [0.15, 0.2) is 51.1 Å². The zero-order valence-corrected chi connectivity index (χ0v) is 15.3. The Morgan fingerprint density at radius 2 is 1.85 bits per heavy atom. The van der Waals surface area contributed by atoms with Crippen molar-refractivity contribution in [3.05, 3.63) is 53.7 Å². The SMILES string of the molecule is COC(=O)c1cc2c(Sc3ccc(F)cc3F)cc(S(C)(=O)=O)cc2[nH]1. The molecule has 0 saturated heterocycles. The van der Waals surface area contributed by atoms with E-state index in [0.717, 1.165) is 30.2 Å². The lowest BCUT2D eigenvalue weighted by Crippen LogP contribution is -2.00. The first-order chi connectivity index (χ1) is 12.2. The number of esters is 1. The van der Waals surface area contributed by atoms with Crippen molar-refractivity contribution in [3.63, 3.8) is 0 Å². The lowest BCUT2D eigenvalue weighted by atomic mass is 10.2. The lowest BCUT2D eigenvalue weighted by Gasteiger charge is -2.07. The summed E-state index contributed by atoms with van der Waals surface area (Å²) in [4.78, 5) is 15.1. The van der Waals surface area contributed by atoms with Crippen molar-refractivity contribution in [2.75, 3.05) is 13.4 Å². The van der Waals surface area contributed by atoms with E-state index in [1.54, 1.807) is 0 Å². The van der Waals surface area contributed by atoms with Gasteiger partial charge in [-0.15, -0.1) is 0 Å². The predicted octanol–water partition coefficient (Wildman–Crippen LogP) is 3.79. The summed E-state index contributed by atoms with van der Waals surface area (Å²) in [7, 11) is -2.32. The average Bonchev–Trinajstić information content (AvgIpc) is 3.00. The molecule has 26 heavy (non-hydrogen) atoms. The number of hydrogen-bond donors (Lipinski definition) is 1. The van der Waals surface area contributed by atoms with Crippen LogP contribution in [0.1, 0.15) is 10.5 Å². The van der Waals surface area contributed by atoms with E-state index in [0.29, 0.717) is 15.8 Å². The summed E-state index contributed by atoms with van der Waals surface area (Å²) in [6.45, 7) is 0. The van der Waals surface area contributed by atoms with Crippen LogP contribution in [0.5, 0.6) is 0 Å². The van der Waals surface area contributed by atoms with Gasteiger partial charge in [0, 0.05) is 33.0 Å². The fourth-order valence-electron chi connectivity index (χ4n) is 2.37. The summed E-state index contributed by atoms with van der Waals surface area (Å²) in [5.74, 6) is -2.10. The van der Waals surface area contributed by atoms with E-state index in [-0.39, 0.29) is 15.5 Å². The van der Waals surface area contributed by atoms with Gasteiger partial charge in [-0.25, -0.2) is 22.0 Å². The Kier molecular flexibility index (Phi) is 4.76. The highest BCUT2D eigenvalue weighted by atomic mass is 32.2. The Morgan fingerprint density at radius 1 is 1.12 bits per heavy atom. The molecule has 0 bridgehead atoms. The molecule has 0 fully saturated rings. The number of nitrogens with one attached hydrogen (secondary N) is 1. The fraction of sp³-hybridized carbons (Fsp3) is 0.118. The van der Waals surface area contributed by atoms with Gasteiger partial charge < -0.3 is 9.72 Å². The van der Waals surface area contributed by atoms with Gasteiger partial charge in [0.25, 0.3) is 0 Å². The van der Waals surface area contributed by atoms with E-state index in [2.05, 4.69) is 9.72 Å². The molecule has 0 aliphatic carbocycles. The quantitative estimate of drug-likeness (QED) is 0.678. The second-order valence-electron chi connectivity index (χ2n) is 5.51. The van der Waals surface area contributed by atoms with Crippen LogP contribution in [0.25, 0.3) is 10.9 Å². The molecule has 0 atom stereocenters. The number of aromatic amines is 1. The largest absolute Gasteiger partial charge is 0.464 e. The Balaban J connectivity index is 2.20. The molecule has 3 aromatic rings. The number of aromatic nitrogens is 1. The molecular weight excluding hydrogens is 384 g/mol. The number of hydrogen-bond acceptors (Lipinski definition) is 5. The smallest absolute Gasteiger partial charge is 0.354 e. The van der Waals surface area contributed by atoms with E-state index in [4.69, 9.17) is 0 Å². The summed E-state index contributed by atoms with van der Waals surface area (Å²) in [6.07, 6.45) is 1.05. The number of fused-ring (bicyclic) bond motifs is 1. The van der Waals surface area contributed by atoms with E-state index < -0.39 is 27.4 Å². The van der Waals surface area contributed by atoms with Gasteiger partial charge in [-0.2, -0.15) is 0 Å². The number of H-pyrrole nitrogens is 1. The van der Waals surface area contributed by atoms with Gasteiger partial charge in [-0.05, 0) is 30.3 Å². The maximum Gasteiger partial charge on any atom is 0.354 e. The minimum atomic E-state index is -3.55. The summed E-state index contributed by atoms with van der Waals surface area (Å²) in [5.41, 5.74) is 0.521. The second-order valence-corrected chi connectivity index (χ2v) is 8.61. The molecule has 0 spiro atoms. The maximum absolute atomic E-state index is 14.0. The first-order valence-corrected chi connectivity index (χ1v) is 9.98. The Hall–Kier alpha value is -2.39. The van der Waals surface area contributed by atoms with Gasteiger partial charge in [-0.1, -0.05) is 11.8 Å². The van der Waals surface area contributed by atoms with Crippen molar-refractivity contribution in [2.24, 2.45) is 0 Å². The zero-order chi connectivity index (χ0) is 19.1. The molecule has 9 heteroatoms. The highest BCUT2D eigenvalue weighted by Crippen LogP contribution is 2.37. The average molecular weight is 397 g/mol. The van der Waals surface area contributed by atoms with Gasteiger partial charge in [-0.3, -0.25) is 0 Å². The van der Waals surface area contributed by atoms with Crippen LogP contribution in [0, 0.1) is 11.6 Å². The van der Waals surface area contributed by atoms with Crippen molar-refractivity contribution in [1.82, 2.24) is 4.98 Å². The molecule has 0 aliphatic heterocycles. The van der Waals surface area contributed by atoms with Gasteiger partial charge in [0.05, 0.1) is 12.0 Å². The number of sulfone groups is 1. The van der Waals surface area contributed by atoms with Gasteiger partial charge in [0.1, 0.15) is 17.3 Å². The Bertz CT molecular complexity index is 1120. The molecule has 0 aliphatic rings. The highest BCUT2D eigenvalue weighted by molar-refractivity contribution is 7.99. The predicted molar refractivity (Wildman–Crippen MR) is 93.2 cm³/mol. The number of rotatable bonds is 4. The molecular formula is C17H13F2NO4S2. The van der Waals surface area contributed by atoms with Crippen molar-refractivity contribution < 1.29 is 26.7 Å². The van der Waals surface area contributed by atoms with Crippen LogP contribution in [0.4, 0.5) is 8.78 Å². The first-order valence-electron chi connectivity index (χ1n) is 7.27. The van der Waals surface area contributed by atoms with Crippen molar-refractivity contribution >= 4 is 38.5 Å². The van der Waals surface area contributed by atoms with Crippen LogP contribution in [0.2, 0.25) is 0 Å². The normalized spacial score (nSPS) is 11.7. The summed E-state index contributed by atoms with van der Waals surface area (Å²) in [6, 6.07) is 7.40. The molecule has 0 saturated carbocycles. The van der Waals surface area contributed by atoms with Crippen molar-refractivity contribution in [2.45, 2.75) is 14.7 Å². The number of methoxy groups -OCH3 is 1. The molecule has 0 radical (unpaired) electrons. The standard InChI is InChI=1S/C17H13F2NO4S2/c1-24-17(21)14-8-11-13(20-14)6-10(26(2,22)23)7-16(11)25-15-4-3-9(18)5-12(15)19/h3-8,20H,1-2H3. The number of halogens is 2. The van der Waals surface area contributed by atoms with Gasteiger partial charge >= 0.3 is 5.97 Å². The lowest BCUT2D eigenvalue weighted by molar-refractivity contribution is 0.0595. The van der Waals surface area contributed by atoms with Gasteiger partial charge in [0.15, 0.2) is 9.84 Å². The Labute approximate surface area is 152 Å². The number of benzene rings is 2. The summed E-state index contributed by atoms with van der Waals surface area (Å²) in [5, 5.41) is 0.520. The van der Waals surface area contributed by atoms with E-state index in [1.165, 1.54) is 31.4 Å². The highest BCUT2D eigenvalue weighted by Gasteiger charge is 2.18. The summed E-state index contributed by atoms with van der Waals surface area (Å²) < 4.78 is 55.7. The maximum atomic E-state index is 14.0. The molecule has 1 heterocycles. The molecule has 1 aromatic heterocycles. The second kappa shape index (κ2) is 6.73. The molecule has 0 unspecified atom stereocenters. The van der Waals surface area contributed by atoms with Crippen LogP contribution in [-0.4, -0.2) is 32.7 Å². The van der Waals surface area contributed by atoms with E-state index >= 15 is 0 Å². The minimum Gasteiger partial charge on any atom is -0.464 e. The number of ether oxygens (including phenoxy) is 1. The van der Waals surface area contributed by atoms with Gasteiger partial charge in [0.2, 0.25) is 0 Å². The Morgan fingerprint density at radius 3 is 2.46 bits per heavy atom. The molecule has 1 N–H and O–H groups in total. The van der Waals surface area contributed by atoms with Crippen molar-refractivity contribution in [1.29, 1.82) is 0 Å². The fourth-order valence-corrected chi connectivity index (χ4v) is 4.11. The third-order valence-corrected chi connectivity index (χ3v) is 5.82. The van der Waals surface area contributed by atoms with Crippen LogP contribution < -0.4 is 0 Å². The van der Waals surface area contributed by atoms with Crippen LogP contribution in [0.3, 0.4) is 0 Å². The van der Waals surface area contributed by atoms with Crippen LogP contribution in [-0.2, 0) is 14.6 Å². The van der Waals surface area contributed by atoms with E-state index in [1.807, 2.05) is 0 Å². The molecule has 2 aromatic carbocycles. The summed E-state index contributed by atoms with van der Waals surface area (Å²) >= 11 is 0.937. The number of carbonyl (C=O) groups is 1. The molecule has 136 valence electrons. The minimum absolute atomic E-state index is 0.00767. The number of carbonyl (C=O) groups excluding carboxylic acids is 1. The zero-order valence-electron chi connectivity index (χ0n) is 13.7. The van der Waals surface area contributed by atoms with Crippen LogP contribution >= 0.6 is 11.8 Å². The molecule has 5 nitrogen and oxygen atoms in total. The van der Waals surface area contributed by atoms with E-state index in [9.17, 15) is 22.0 Å². The first kappa shape index (κ1) is 18.4. The van der Waals surface area contributed by atoms with Crippen molar-refractivity contribution in [3.8, 4) is 0 Å². The third-order valence-electron chi connectivity index (χ3n) is 3.62. The topological polar surface area (TPSA) is 76.2 Å². The third kappa shape index (κ3) is 3.58.